The third kappa shape index (κ3) is 6.01. The molecule has 0 radical (unpaired) electrons. The van der Waals surface area contributed by atoms with Crippen LogP contribution in [0.2, 0.25) is 0 Å². The molecule has 8 nitrogen and oxygen atoms in total. The molecule has 2 aromatic rings. The van der Waals surface area contributed by atoms with E-state index in [0.29, 0.717) is 17.9 Å². The average molecular weight is 399 g/mol. The summed E-state index contributed by atoms with van der Waals surface area (Å²) in [4.78, 5) is 12.6. The van der Waals surface area contributed by atoms with Crippen LogP contribution in [-0.2, 0) is 6.54 Å². The number of azo groups is 1. The van der Waals surface area contributed by atoms with Crippen LogP contribution in [0.25, 0.3) is 0 Å². The summed E-state index contributed by atoms with van der Waals surface area (Å²) >= 11 is 0. The first-order chi connectivity index (χ1) is 14.0. The monoisotopic (exact) mass is 399 g/mol. The van der Waals surface area contributed by atoms with Gasteiger partial charge < -0.3 is 9.63 Å². The van der Waals surface area contributed by atoms with Gasteiger partial charge in [0.25, 0.3) is 5.56 Å². The predicted molar refractivity (Wildman–Crippen MR) is 110 cm³/mol. The molecule has 29 heavy (non-hydrogen) atoms. The van der Waals surface area contributed by atoms with Crippen LogP contribution in [0.15, 0.2) is 25.6 Å². The summed E-state index contributed by atoms with van der Waals surface area (Å²) in [5, 5.41) is 31.7. The molecular weight excluding hydrogens is 370 g/mol. The molecule has 2 rings (SSSR count). The first kappa shape index (κ1) is 22.3. The quantitative estimate of drug-likeness (QED) is 0.390. The van der Waals surface area contributed by atoms with Gasteiger partial charge in [-0.15, -0.1) is 10.2 Å². The Kier molecular flexibility index (Phi) is 8.59. The molecule has 2 aromatic heterocycles. The summed E-state index contributed by atoms with van der Waals surface area (Å²) in [5.41, 5.74) is -0.137. The molecule has 0 unspecified atom stereocenters. The van der Waals surface area contributed by atoms with Gasteiger partial charge in [0, 0.05) is 18.2 Å². The molecule has 0 bridgehead atoms. The fourth-order valence-corrected chi connectivity index (χ4v) is 3.17. The molecule has 2 heterocycles. The minimum Gasteiger partial charge on any atom is -0.493 e. The van der Waals surface area contributed by atoms with E-state index in [1.165, 1.54) is 36.7 Å². The molecule has 0 saturated carbocycles. The van der Waals surface area contributed by atoms with Crippen molar-refractivity contribution < 1.29 is 9.63 Å². The van der Waals surface area contributed by atoms with Crippen LogP contribution in [0, 0.1) is 25.2 Å². The van der Waals surface area contributed by atoms with Crippen LogP contribution >= 0.6 is 0 Å². The lowest BCUT2D eigenvalue weighted by Crippen LogP contribution is -2.24. The van der Waals surface area contributed by atoms with Gasteiger partial charge in [-0.05, 0) is 20.3 Å². The fourth-order valence-electron chi connectivity index (χ4n) is 3.17. The summed E-state index contributed by atoms with van der Waals surface area (Å²) in [6, 6.07) is 3.52. The van der Waals surface area contributed by atoms with Crippen LogP contribution in [0.3, 0.4) is 0 Å². The number of unbranched alkanes of at least 4 members (excludes halogenated alkanes) is 7. The minimum atomic E-state index is -0.498. The van der Waals surface area contributed by atoms with Gasteiger partial charge in [0.2, 0.25) is 11.7 Å². The highest BCUT2D eigenvalue weighted by atomic mass is 16.5. The second-order valence-electron chi connectivity index (χ2n) is 7.21. The molecule has 0 saturated heterocycles. The molecule has 0 aliphatic rings. The number of aryl methyl sites for hydroxylation is 1. The van der Waals surface area contributed by atoms with Crippen molar-refractivity contribution in [1.29, 1.82) is 5.26 Å². The number of aromatic hydroxyl groups is 1. The smallest absolute Gasteiger partial charge is 0.271 e. The Morgan fingerprint density at radius 3 is 2.38 bits per heavy atom. The zero-order valence-electron chi connectivity index (χ0n) is 17.4. The summed E-state index contributed by atoms with van der Waals surface area (Å²) in [6.07, 6.45) is 8.97. The molecular formula is C21H29N5O3. The second kappa shape index (κ2) is 11.1. The van der Waals surface area contributed by atoms with E-state index in [9.17, 15) is 15.2 Å². The lowest BCUT2D eigenvalue weighted by atomic mass is 10.1. The lowest BCUT2D eigenvalue weighted by Gasteiger charge is -2.13. The van der Waals surface area contributed by atoms with Crippen LogP contribution in [0.5, 0.6) is 5.88 Å². The van der Waals surface area contributed by atoms with Crippen molar-refractivity contribution in [3.05, 3.63) is 33.3 Å². The van der Waals surface area contributed by atoms with Crippen LogP contribution in [-0.4, -0.2) is 14.8 Å². The van der Waals surface area contributed by atoms with Gasteiger partial charge in [-0.2, -0.15) is 5.26 Å². The van der Waals surface area contributed by atoms with E-state index in [1.54, 1.807) is 19.9 Å². The molecule has 0 spiro atoms. The van der Waals surface area contributed by atoms with Crippen LogP contribution in [0.4, 0.5) is 11.5 Å². The van der Waals surface area contributed by atoms with E-state index in [1.807, 2.05) is 6.07 Å². The highest BCUT2D eigenvalue weighted by Gasteiger charge is 2.19. The Balaban J connectivity index is 2.12. The molecule has 0 aliphatic heterocycles. The summed E-state index contributed by atoms with van der Waals surface area (Å²) in [5.74, 6) is 0.552. The van der Waals surface area contributed by atoms with Gasteiger partial charge in [-0.1, -0.05) is 57.0 Å². The maximum absolute atomic E-state index is 12.6. The number of rotatable bonds is 11. The van der Waals surface area contributed by atoms with E-state index >= 15 is 0 Å². The maximum Gasteiger partial charge on any atom is 0.271 e. The van der Waals surface area contributed by atoms with Crippen molar-refractivity contribution in [2.75, 3.05) is 0 Å². The van der Waals surface area contributed by atoms with E-state index in [2.05, 4.69) is 22.3 Å². The molecule has 0 fully saturated rings. The lowest BCUT2D eigenvalue weighted by molar-refractivity contribution is 0.396. The molecule has 0 aromatic carbocycles. The maximum atomic E-state index is 12.6. The Morgan fingerprint density at radius 2 is 1.79 bits per heavy atom. The van der Waals surface area contributed by atoms with Crippen LogP contribution < -0.4 is 5.56 Å². The summed E-state index contributed by atoms with van der Waals surface area (Å²) < 4.78 is 6.15. The molecule has 0 aliphatic carbocycles. The van der Waals surface area contributed by atoms with Crippen molar-refractivity contribution in [3.8, 4) is 11.9 Å². The average Bonchev–Trinajstić information content (AvgIpc) is 3.11. The number of nitrogens with zero attached hydrogens (tertiary/aromatic N) is 5. The number of nitriles is 1. The van der Waals surface area contributed by atoms with E-state index in [-0.39, 0.29) is 22.9 Å². The van der Waals surface area contributed by atoms with Gasteiger partial charge in [0.1, 0.15) is 17.4 Å². The first-order valence-corrected chi connectivity index (χ1v) is 10.2. The topological polar surface area (TPSA) is 117 Å². The highest BCUT2D eigenvalue weighted by molar-refractivity contribution is 5.59. The fraction of sp³-hybridized carbons (Fsp3) is 0.571. The van der Waals surface area contributed by atoms with Gasteiger partial charge in [0.05, 0.1) is 0 Å². The molecule has 0 atom stereocenters. The van der Waals surface area contributed by atoms with Gasteiger partial charge >= 0.3 is 0 Å². The van der Waals surface area contributed by atoms with Crippen molar-refractivity contribution in [1.82, 2.24) is 9.72 Å². The molecule has 1 N–H and O–H groups in total. The Labute approximate surface area is 170 Å². The highest BCUT2D eigenvalue weighted by Crippen LogP contribution is 2.32. The van der Waals surface area contributed by atoms with Crippen molar-refractivity contribution in [2.45, 2.75) is 78.7 Å². The second-order valence-corrected chi connectivity index (χ2v) is 7.21. The van der Waals surface area contributed by atoms with E-state index in [0.717, 1.165) is 19.3 Å². The molecule has 156 valence electrons. The van der Waals surface area contributed by atoms with E-state index in [4.69, 9.17) is 4.52 Å². The number of aromatic nitrogens is 2. The van der Waals surface area contributed by atoms with Crippen molar-refractivity contribution in [3.63, 3.8) is 0 Å². The number of hydrogen-bond donors (Lipinski definition) is 1. The van der Waals surface area contributed by atoms with Crippen molar-refractivity contribution in [2.24, 2.45) is 10.2 Å². The standard InChI is InChI=1S/C21H29N5O3/c1-4-5-6-7-8-9-10-11-12-26-20(27)17(14-22)16(3)19(21(26)28)24-23-18-13-15(2)29-25-18/h13,28H,4-12H2,1-3H3/b24-23+. The summed E-state index contributed by atoms with van der Waals surface area (Å²) in [7, 11) is 0. The van der Waals surface area contributed by atoms with Crippen molar-refractivity contribution >= 4 is 11.5 Å². The summed E-state index contributed by atoms with van der Waals surface area (Å²) in [6.45, 7) is 5.83. The minimum absolute atomic E-state index is 0.0346. The first-order valence-electron chi connectivity index (χ1n) is 10.2. The van der Waals surface area contributed by atoms with Gasteiger partial charge in [-0.25, -0.2) is 0 Å². The normalized spacial score (nSPS) is 11.2. The third-order valence-electron chi connectivity index (χ3n) is 4.87. The zero-order chi connectivity index (χ0) is 21.2. The van der Waals surface area contributed by atoms with E-state index < -0.39 is 5.56 Å². The van der Waals surface area contributed by atoms with Gasteiger partial charge in [-0.3, -0.25) is 9.36 Å². The zero-order valence-corrected chi connectivity index (χ0v) is 17.4. The Bertz CT molecular complexity index is 937. The molecule has 8 heteroatoms. The Hall–Kier alpha value is -2.95. The number of pyridine rings is 1. The van der Waals surface area contributed by atoms with Crippen LogP contribution in [0.1, 0.15) is 75.2 Å². The predicted octanol–water partition coefficient (Wildman–Crippen LogP) is 5.59. The van der Waals surface area contributed by atoms with Gasteiger partial charge in [0.15, 0.2) is 5.69 Å². The molecule has 0 amide bonds. The SMILES string of the molecule is CCCCCCCCCCn1c(O)c(/N=N/c2cc(C)on2)c(C)c(C#N)c1=O. The number of hydrogen-bond acceptors (Lipinski definition) is 7. The Morgan fingerprint density at radius 1 is 1.14 bits per heavy atom. The largest absolute Gasteiger partial charge is 0.493 e. The third-order valence-corrected chi connectivity index (χ3v) is 4.87.